The molecule has 1 spiro atoms. The number of halogens is 1. The van der Waals surface area contributed by atoms with Crippen molar-refractivity contribution in [2.45, 2.75) is 24.2 Å². The molecule has 1 amide bonds. The van der Waals surface area contributed by atoms with Gasteiger partial charge in [-0.1, -0.05) is 0 Å². The van der Waals surface area contributed by atoms with Gasteiger partial charge in [0.05, 0.1) is 10.3 Å². The summed E-state index contributed by atoms with van der Waals surface area (Å²) < 4.78 is 19.4. The summed E-state index contributed by atoms with van der Waals surface area (Å²) in [6, 6.07) is 4.75. The maximum Gasteiger partial charge on any atom is 0.255 e. The first-order valence-corrected chi connectivity index (χ1v) is 9.15. The molecule has 2 saturated heterocycles. The zero-order chi connectivity index (χ0) is 17.4. The van der Waals surface area contributed by atoms with Gasteiger partial charge in [-0.05, 0) is 30.7 Å². The van der Waals surface area contributed by atoms with Gasteiger partial charge in [0.2, 0.25) is 0 Å². The van der Waals surface area contributed by atoms with Crippen molar-refractivity contribution in [3.8, 4) is 5.88 Å². The molecule has 0 saturated carbocycles. The first-order valence-electron chi connectivity index (χ1n) is 8.17. The highest BCUT2D eigenvalue weighted by molar-refractivity contribution is 8.01. The van der Waals surface area contributed by atoms with Crippen molar-refractivity contribution < 1.29 is 13.9 Å². The Morgan fingerprint density at radius 1 is 1.44 bits per heavy atom. The Hall–Kier alpha value is -2.15. The van der Waals surface area contributed by atoms with Crippen LogP contribution in [0.25, 0.3) is 0 Å². The first-order chi connectivity index (χ1) is 12.0. The fraction of sp³-hybridized carbons (Fsp3) is 0.389. The summed E-state index contributed by atoms with van der Waals surface area (Å²) in [5.74, 6) is 0.418. The zero-order valence-electron chi connectivity index (χ0n) is 13.8. The van der Waals surface area contributed by atoms with Gasteiger partial charge in [-0.3, -0.25) is 9.78 Å². The number of rotatable bonds is 3. The summed E-state index contributed by atoms with van der Waals surface area (Å²) in [6.07, 6.45) is 5.59. The topological polar surface area (TPSA) is 55.3 Å². The number of amides is 1. The van der Waals surface area contributed by atoms with E-state index in [4.69, 9.17) is 4.74 Å². The van der Waals surface area contributed by atoms with E-state index < -0.39 is 5.82 Å². The number of nitrogens with zero attached hydrogens (tertiary/aromatic N) is 3. The Morgan fingerprint density at radius 3 is 3.04 bits per heavy atom. The molecule has 2 aliphatic rings. The Balaban J connectivity index is 1.36. The average molecular weight is 359 g/mol. The van der Waals surface area contributed by atoms with Crippen LogP contribution in [-0.4, -0.2) is 50.5 Å². The summed E-state index contributed by atoms with van der Waals surface area (Å²) in [5, 5.41) is 0. The van der Waals surface area contributed by atoms with E-state index in [2.05, 4.69) is 9.97 Å². The van der Waals surface area contributed by atoms with Crippen molar-refractivity contribution in [2.24, 2.45) is 0 Å². The highest BCUT2D eigenvalue weighted by atomic mass is 32.2. The van der Waals surface area contributed by atoms with Gasteiger partial charge in [0.15, 0.2) is 5.82 Å². The predicted molar refractivity (Wildman–Crippen MR) is 93.3 cm³/mol. The van der Waals surface area contributed by atoms with E-state index in [0.717, 1.165) is 17.7 Å². The van der Waals surface area contributed by atoms with Crippen molar-refractivity contribution in [3.63, 3.8) is 0 Å². The highest BCUT2D eigenvalue weighted by Gasteiger charge is 2.51. The van der Waals surface area contributed by atoms with Crippen LogP contribution < -0.4 is 4.74 Å². The SMILES string of the molecule is Cc1cncc(C(=O)N2CC3(C[C@H](Oc4ncccc4F)CS3)C2)c1. The molecule has 0 N–H and O–H groups in total. The molecule has 2 aromatic heterocycles. The minimum Gasteiger partial charge on any atom is -0.471 e. The van der Waals surface area contributed by atoms with Gasteiger partial charge in [0.25, 0.3) is 11.8 Å². The lowest BCUT2D eigenvalue weighted by Gasteiger charge is -2.47. The van der Waals surface area contributed by atoms with Crippen LogP contribution in [0.15, 0.2) is 36.8 Å². The van der Waals surface area contributed by atoms with Gasteiger partial charge in [0.1, 0.15) is 6.10 Å². The molecule has 0 aromatic carbocycles. The Kier molecular flexibility index (Phi) is 4.11. The minimum absolute atomic E-state index is 0.0163. The number of thioether (sulfide) groups is 1. The zero-order valence-corrected chi connectivity index (χ0v) is 14.6. The molecule has 1 atom stereocenters. The first kappa shape index (κ1) is 16.3. The molecule has 130 valence electrons. The Labute approximate surface area is 149 Å². The molecular weight excluding hydrogens is 341 g/mol. The summed E-state index contributed by atoms with van der Waals surface area (Å²) in [7, 11) is 0. The third kappa shape index (κ3) is 3.20. The van der Waals surface area contributed by atoms with E-state index in [1.165, 1.54) is 12.3 Å². The van der Waals surface area contributed by atoms with Crippen molar-refractivity contribution in [3.05, 3.63) is 53.7 Å². The second-order valence-corrected chi connectivity index (χ2v) is 8.13. The molecule has 4 heterocycles. The summed E-state index contributed by atoms with van der Waals surface area (Å²) in [6.45, 7) is 3.30. The number of hydrogen-bond donors (Lipinski definition) is 0. The lowest BCUT2D eigenvalue weighted by Crippen LogP contribution is -2.60. The van der Waals surface area contributed by atoms with Crippen LogP contribution in [0.4, 0.5) is 4.39 Å². The molecule has 2 aromatic rings. The standard InChI is InChI=1S/C18H18FN3O2S/c1-12-5-13(8-20-7-12)17(23)22-10-18(11-22)6-14(9-25-18)24-16-15(19)3-2-4-21-16/h2-5,7-8,14H,6,9-11H2,1H3/t14-/m0/s1. The molecule has 0 radical (unpaired) electrons. The normalized spacial score (nSPS) is 21.2. The number of carbonyl (C=O) groups excluding carboxylic acids is 1. The van der Waals surface area contributed by atoms with Crippen molar-refractivity contribution in [1.82, 2.24) is 14.9 Å². The number of ether oxygens (including phenoxy) is 1. The van der Waals surface area contributed by atoms with Gasteiger partial charge in [-0.2, -0.15) is 0 Å². The summed E-state index contributed by atoms with van der Waals surface area (Å²) in [4.78, 5) is 22.4. The molecule has 5 nitrogen and oxygen atoms in total. The fourth-order valence-corrected chi connectivity index (χ4v) is 4.89. The molecule has 0 bridgehead atoms. The second kappa shape index (κ2) is 6.29. The number of aryl methyl sites for hydroxylation is 1. The van der Waals surface area contributed by atoms with Crippen LogP contribution in [0, 0.1) is 12.7 Å². The third-order valence-electron chi connectivity index (χ3n) is 4.55. The maximum absolute atomic E-state index is 13.7. The molecule has 0 unspecified atom stereocenters. The van der Waals surface area contributed by atoms with Crippen molar-refractivity contribution in [2.75, 3.05) is 18.8 Å². The number of hydrogen-bond acceptors (Lipinski definition) is 5. The lowest BCUT2D eigenvalue weighted by molar-refractivity contribution is 0.0513. The fourth-order valence-electron chi connectivity index (χ4n) is 3.36. The van der Waals surface area contributed by atoms with E-state index in [0.29, 0.717) is 18.7 Å². The molecule has 2 fully saturated rings. The predicted octanol–water partition coefficient (Wildman–Crippen LogP) is 2.70. The Bertz CT molecular complexity index is 810. The number of aromatic nitrogens is 2. The van der Waals surface area contributed by atoms with Gasteiger partial charge in [-0.15, -0.1) is 11.8 Å². The number of carbonyl (C=O) groups is 1. The van der Waals surface area contributed by atoms with Crippen LogP contribution in [-0.2, 0) is 0 Å². The minimum atomic E-state index is -0.439. The van der Waals surface area contributed by atoms with Crippen molar-refractivity contribution >= 4 is 17.7 Å². The van der Waals surface area contributed by atoms with E-state index in [-0.39, 0.29) is 22.6 Å². The number of likely N-dealkylation sites (tertiary alicyclic amines) is 1. The maximum atomic E-state index is 13.7. The molecule has 25 heavy (non-hydrogen) atoms. The van der Waals surface area contributed by atoms with E-state index >= 15 is 0 Å². The monoisotopic (exact) mass is 359 g/mol. The molecule has 2 aliphatic heterocycles. The van der Waals surface area contributed by atoms with Crippen LogP contribution in [0.5, 0.6) is 5.88 Å². The van der Waals surface area contributed by atoms with Gasteiger partial charge < -0.3 is 9.64 Å². The number of pyridine rings is 2. The van der Waals surface area contributed by atoms with Gasteiger partial charge >= 0.3 is 0 Å². The van der Waals surface area contributed by atoms with Crippen molar-refractivity contribution in [1.29, 1.82) is 0 Å². The van der Waals surface area contributed by atoms with E-state index in [1.807, 2.05) is 17.9 Å². The van der Waals surface area contributed by atoms with Crippen LogP contribution in [0.2, 0.25) is 0 Å². The lowest BCUT2D eigenvalue weighted by atomic mass is 9.92. The molecule has 0 aliphatic carbocycles. The van der Waals surface area contributed by atoms with E-state index in [9.17, 15) is 9.18 Å². The molecule has 4 rings (SSSR count). The quantitative estimate of drug-likeness (QED) is 0.843. The summed E-state index contributed by atoms with van der Waals surface area (Å²) in [5.41, 5.74) is 1.60. The third-order valence-corrected chi connectivity index (χ3v) is 6.12. The molecular formula is C18H18FN3O2S. The van der Waals surface area contributed by atoms with Crippen LogP contribution >= 0.6 is 11.8 Å². The highest BCUT2D eigenvalue weighted by Crippen LogP contribution is 2.46. The van der Waals surface area contributed by atoms with Crippen LogP contribution in [0.3, 0.4) is 0 Å². The average Bonchev–Trinajstić information content (AvgIpc) is 2.99. The van der Waals surface area contributed by atoms with Crippen LogP contribution in [0.1, 0.15) is 22.3 Å². The molecule has 7 heteroatoms. The summed E-state index contributed by atoms with van der Waals surface area (Å²) >= 11 is 1.80. The van der Waals surface area contributed by atoms with E-state index in [1.54, 1.807) is 30.2 Å². The largest absolute Gasteiger partial charge is 0.471 e. The Morgan fingerprint density at radius 2 is 2.28 bits per heavy atom. The van der Waals surface area contributed by atoms with Gasteiger partial charge in [0, 0.05) is 43.9 Å². The smallest absolute Gasteiger partial charge is 0.255 e. The van der Waals surface area contributed by atoms with Gasteiger partial charge in [-0.25, -0.2) is 9.37 Å². The second-order valence-electron chi connectivity index (χ2n) is 6.64.